The minimum atomic E-state index is 0.187. The molecule has 2 rings (SSSR count). The quantitative estimate of drug-likeness (QED) is 0.558. The maximum Gasteiger partial charge on any atom is 0.219 e. The van der Waals surface area contributed by atoms with E-state index in [0.717, 1.165) is 57.0 Å². The van der Waals surface area contributed by atoms with Crippen molar-refractivity contribution >= 4 is 23.6 Å². The van der Waals surface area contributed by atoms with Crippen molar-refractivity contribution in [2.24, 2.45) is 4.99 Å². The van der Waals surface area contributed by atoms with Crippen LogP contribution in [-0.4, -0.2) is 85.5 Å². The second-order valence-corrected chi connectivity index (χ2v) is 7.27. The highest BCUT2D eigenvalue weighted by molar-refractivity contribution is 8.00. The van der Waals surface area contributed by atoms with Crippen LogP contribution >= 0.6 is 11.8 Å². The second kappa shape index (κ2) is 9.25. The monoisotopic (exact) mass is 327 g/mol. The first-order valence-electron chi connectivity index (χ1n) is 8.23. The van der Waals surface area contributed by atoms with E-state index in [-0.39, 0.29) is 5.91 Å². The molecule has 0 aromatic heterocycles. The average molecular weight is 327 g/mol. The average Bonchev–Trinajstić information content (AvgIpc) is 3.04. The topological polar surface area (TPSA) is 60.0 Å². The largest absolute Gasteiger partial charge is 0.355 e. The van der Waals surface area contributed by atoms with Crippen molar-refractivity contribution in [2.75, 3.05) is 58.6 Å². The molecule has 126 valence electrons. The molecule has 1 unspecified atom stereocenters. The summed E-state index contributed by atoms with van der Waals surface area (Å²) in [4.78, 5) is 19.9. The van der Waals surface area contributed by atoms with E-state index in [9.17, 15) is 4.79 Å². The second-order valence-electron chi connectivity index (χ2n) is 5.86. The lowest BCUT2D eigenvalue weighted by atomic mass is 10.2. The standard InChI is InChI=1S/C15H29N5OS/c1-13(21)20-9-7-19(8-10-20)6-5-17-15(16-2)18-12-14-4-3-11-22-14/h14H,3-12H2,1-2H3,(H2,16,17,18). The fourth-order valence-electron chi connectivity index (χ4n) is 2.86. The third kappa shape index (κ3) is 5.68. The number of rotatable bonds is 5. The fourth-order valence-corrected chi connectivity index (χ4v) is 4.06. The molecule has 0 aromatic rings. The van der Waals surface area contributed by atoms with Gasteiger partial charge in [0.15, 0.2) is 5.96 Å². The Morgan fingerprint density at radius 1 is 1.27 bits per heavy atom. The zero-order valence-electron chi connectivity index (χ0n) is 13.8. The van der Waals surface area contributed by atoms with Crippen LogP contribution in [0.2, 0.25) is 0 Å². The molecule has 7 heteroatoms. The highest BCUT2D eigenvalue weighted by Gasteiger charge is 2.18. The normalized spacial score (nSPS) is 23.6. The Labute approximate surface area is 138 Å². The smallest absolute Gasteiger partial charge is 0.219 e. The molecule has 2 aliphatic heterocycles. The summed E-state index contributed by atoms with van der Waals surface area (Å²) in [6.07, 6.45) is 2.66. The van der Waals surface area contributed by atoms with Crippen molar-refractivity contribution in [1.29, 1.82) is 0 Å². The van der Waals surface area contributed by atoms with Gasteiger partial charge in [0.2, 0.25) is 5.91 Å². The first kappa shape index (κ1) is 17.4. The first-order chi connectivity index (χ1) is 10.7. The van der Waals surface area contributed by atoms with E-state index in [1.807, 2.05) is 11.9 Å². The number of hydrogen-bond donors (Lipinski definition) is 2. The van der Waals surface area contributed by atoms with Crippen LogP contribution in [0.4, 0.5) is 0 Å². The predicted octanol–water partition coefficient (Wildman–Crippen LogP) is 0.211. The van der Waals surface area contributed by atoms with E-state index >= 15 is 0 Å². The molecule has 2 heterocycles. The lowest BCUT2D eigenvalue weighted by molar-refractivity contribution is -0.130. The Balaban J connectivity index is 1.57. The van der Waals surface area contributed by atoms with Gasteiger partial charge in [-0.1, -0.05) is 0 Å². The van der Waals surface area contributed by atoms with Gasteiger partial charge in [0.25, 0.3) is 0 Å². The molecule has 0 bridgehead atoms. The molecular weight excluding hydrogens is 298 g/mol. The highest BCUT2D eigenvalue weighted by Crippen LogP contribution is 2.25. The van der Waals surface area contributed by atoms with Gasteiger partial charge >= 0.3 is 0 Å². The molecule has 0 aliphatic carbocycles. The van der Waals surface area contributed by atoms with Crippen molar-refractivity contribution in [1.82, 2.24) is 20.4 Å². The molecule has 0 radical (unpaired) electrons. The lowest BCUT2D eigenvalue weighted by Crippen LogP contribution is -2.50. The third-order valence-corrected chi connectivity index (χ3v) is 5.68. The highest BCUT2D eigenvalue weighted by atomic mass is 32.2. The summed E-state index contributed by atoms with van der Waals surface area (Å²) < 4.78 is 0. The zero-order chi connectivity index (χ0) is 15.8. The molecule has 6 nitrogen and oxygen atoms in total. The minimum Gasteiger partial charge on any atom is -0.355 e. The molecule has 0 aromatic carbocycles. The summed E-state index contributed by atoms with van der Waals surface area (Å²) in [6, 6.07) is 0. The number of piperazine rings is 1. The van der Waals surface area contributed by atoms with Crippen molar-refractivity contribution < 1.29 is 4.79 Å². The van der Waals surface area contributed by atoms with Gasteiger partial charge in [0.05, 0.1) is 0 Å². The Morgan fingerprint density at radius 3 is 2.64 bits per heavy atom. The van der Waals surface area contributed by atoms with E-state index in [1.54, 1.807) is 6.92 Å². The molecule has 2 N–H and O–H groups in total. The summed E-state index contributed by atoms with van der Waals surface area (Å²) in [5, 5.41) is 7.53. The van der Waals surface area contributed by atoms with E-state index in [2.05, 4.69) is 32.3 Å². The molecule has 2 fully saturated rings. The van der Waals surface area contributed by atoms with E-state index in [1.165, 1.54) is 18.6 Å². The number of hydrogen-bond acceptors (Lipinski definition) is 4. The molecule has 22 heavy (non-hydrogen) atoms. The Morgan fingerprint density at radius 2 is 2.05 bits per heavy atom. The Kier molecular flexibility index (Phi) is 7.32. The molecular formula is C15H29N5OS. The van der Waals surface area contributed by atoms with Gasteiger partial charge in [-0.25, -0.2) is 0 Å². The van der Waals surface area contributed by atoms with Crippen LogP contribution in [0.5, 0.6) is 0 Å². The summed E-state index contributed by atoms with van der Waals surface area (Å²) in [5.41, 5.74) is 0. The lowest BCUT2D eigenvalue weighted by Gasteiger charge is -2.34. The Bertz CT molecular complexity index is 376. The zero-order valence-corrected chi connectivity index (χ0v) is 14.6. The number of nitrogens with one attached hydrogen (secondary N) is 2. The van der Waals surface area contributed by atoms with Gasteiger partial charge in [0, 0.05) is 65.0 Å². The van der Waals surface area contributed by atoms with Gasteiger partial charge < -0.3 is 15.5 Å². The number of thioether (sulfide) groups is 1. The summed E-state index contributed by atoms with van der Waals surface area (Å²) in [6.45, 7) is 8.15. The van der Waals surface area contributed by atoms with E-state index in [0.29, 0.717) is 0 Å². The predicted molar refractivity (Wildman–Crippen MR) is 93.5 cm³/mol. The number of aliphatic imine (C=N–C) groups is 1. The van der Waals surface area contributed by atoms with Crippen molar-refractivity contribution in [3.05, 3.63) is 0 Å². The first-order valence-corrected chi connectivity index (χ1v) is 9.28. The molecule has 2 aliphatic rings. The van der Waals surface area contributed by atoms with Gasteiger partial charge in [-0.3, -0.25) is 14.7 Å². The molecule has 0 spiro atoms. The van der Waals surface area contributed by atoms with E-state index in [4.69, 9.17) is 0 Å². The number of nitrogens with zero attached hydrogens (tertiary/aromatic N) is 3. The maximum atomic E-state index is 11.3. The maximum absolute atomic E-state index is 11.3. The van der Waals surface area contributed by atoms with Crippen LogP contribution in [0.1, 0.15) is 19.8 Å². The summed E-state index contributed by atoms with van der Waals surface area (Å²) >= 11 is 2.06. The third-order valence-electron chi connectivity index (χ3n) is 4.28. The van der Waals surface area contributed by atoms with Gasteiger partial charge in [-0.2, -0.15) is 11.8 Å². The van der Waals surface area contributed by atoms with Crippen LogP contribution in [0.15, 0.2) is 4.99 Å². The van der Waals surface area contributed by atoms with Crippen LogP contribution in [0.25, 0.3) is 0 Å². The van der Waals surface area contributed by atoms with Crippen molar-refractivity contribution in [3.8, 4) is 0 Å². The summed E-state index contributed by atoms with van der Waals surface area (Å²) in [7, 11) is 1.82. The number of guanidine groups is 1. The summed E-state index contributed by atoms with van der Waals surface area (Å²) in [5.74, 6) is 2.38. The SMILES string of the molecule is CN=C(NCCN1CCN(C(C)=O)CC1)NCC1CCCS1. The van der Waals surface area contributed by atoms with Crippen molar-refractivity contribution in [3.63, 3.8) is 0 Å². The number of carbonyl (C=O) groups excluding carboxylic acids is 1. The Hall–Kier alpha value is -0.950. The number of amides is 1. The van der Waals surface area contributed by atoms with Crippen LogP contribution < -0.4 is 10.6 Å². The minimum absolute atomic E-state index is 0.187. The van der Waals surface area contributed by atoms with Gasteiger partial charge in [-0.05, 0) is 18.6 Å². The van der Waals surface area contributed by atoms with E-state index < -0.39 is 0 Å². The molecule has 1 atom stereocenters. The molecule has 2 saturated heterocycles. The fraction of sp³-hybridized carbons (Fsp3) is 0.867. The molecule has 0 saturated carbocycles. The van der Waals surface area contributed by atoms with Gasteiger partial charge in [-0.15, -0.1) is 0 Å². The molecule has 1 amide bonds. The number of carbonyl (C=O) groups is 1. The van der Waals surface area contributed by atoms with Gasteiger partial charge in [0.1, 0.15) is 0 Å². The van der Waals surface area contributed by atoms with Crippen LogP contribution in [0.3, 0.4) is 0 Å². The van der Waals surface area contributed by atoms with Crippen LogP contribution in [0, 0.1) is 0 Å². The van der Waals surface area contributed by atoms with Crippen LogP contribution in [-0.2, 0) is 4.79 Å². The van der Waals surface area contributed by atoms with Crippen molar-refractivity contribution in [2.45, 2.75) is 25.0 Å².